The van der Waals surface area contributed by atoms with E-state index in [1.807, 2.05) is 12.2 Å². The van der Waals surface area contributed by atoms with Gasteiger partial charge in [0.2, 0.25) is 0 Å². The summed E-state index contributed by atoms with van der Waals surface area (Å²) in [6.45, 7) is 16.4. The van der Waals surface area contributed by atoms with Crippen LogP contribution in [-0.4, -0.2) is 5.78 Å². The molecule has 0 aliphatic heterocycles. The van der Waals surface area contributed by atoms with E-state index in [0.29, 0.717) is 0 Å². The van der Waals surface area contributed by atoms with Gasteiger partial charge in [-0.3, -0.25) is 4.79 Å². The van der Waals surface area contributed by atoms with Gasteiger partial charge < -0.3 is 0 Å². The van der Waals surface area contributed by atoms with E-state index < -0.39 is 0 Å². The fourth-order valence-corrected chi connectivity index (χ4v) is 1.80. The van der Waals surface area contributed by atoms with Crippen molar-refractivity contribution in [1.29, 1.82) is 0 Å². The topological polar surface area (TPSA) is 17.1 Å². The van der Waals surface area contributed by atoms with E-state index in [-0.39, 0.29) is 16.6 Å². The molecule has 0 bridgehead atoms. The quantitative estimate of drug-likeness (QED) is 0.599. The molecule has 88 valence electrons. The number of rotatable bonds is 0. The number of carbonyl (C=O) groups is 1. The van der Waals surface area contributed by atoms with Crippen molar-refractivity contribution in [2.24, 2.45) is 10.8 Å². The highest BCUT2D eigenvalue weighted by Crippen LogP contribution is 2.38. The number of hydrogen-bond donors (Lipinski definition) is 0. The molecule has 0 aromatic rings. The molecule has 0 heterocycles. The van der Waals surface area contributed by atoms with Crippen LogP contribution in [-0.2, 0) is 4.79 Å². The second kappa shape index (κ2) is 3.73. The molecule has 1 nitrogen and oxygen atoms in total. The third-order valence-corrected chi connectivity index (χ3v) is 2.76. The molecule has 0 N–H and O–H groups in total. The Morgan fingerprint density at radius 2 is 1.19 bits per heavy atom. The number of ketones is 1. The van der Waals surface area contributed by atoms with Gasteiger partial charge in [-0.25, -0.2) is 0 Å². The van der Waals surface area contributed by atoms with Gasteiger partial charge in [-0.1, -0.05) is 48.1 Å². The van der Waals surface area contributed by atoms with Crippen LogP contribution in [0.2, 0.25) is 0 Å². The molecule has 0 spiro atoms. The molecule has 1 heteroatoms. The van der Waals surface area contributed by atoms with Gasteiger partial charge >= 0.3 is 0 Å². The summed E-state index contributed by atoms with van der Waals surface area (Å²) in [5, 5.41) is 0. The molecule has 0 unspecified atom stereocenters. The van der Waals surface area contributed by atoms with Gasteiger partial charge in [-0.2, -0.15) is 0 Å². The SMILES string of the molecule is C=C1C=C(C(C)(C)C)C(=O)C(C(C)(C)C)=C1. The summed E-state index contributed by atoms with van der Waals surface area (Å²) in [5.41, 5.74) is 2.42. The van der Waals surface area contributed by atoms with Crippen LogP contribution in [0.15, 0.2) is 35.5 Å². The van der Waals surface area contributed by atoms with E-state index in [2.05, 4.69) is 48.1 Å². The van der Waals surface area contributed by atoms with E-state index in [9.17, 15) is 4.79 Å². The summed E-state index contributed by atoms with van der Waals surface area (Å²) in [5.74, 6) is 0.174. The van der Waals surface area contributed by atoms with Crippen molar-refractivity contribution in [2.45, 2.75) is 41.5 Å². The lowest BCUT2D eigenvalue weighted by Gasteiger charge is -2.31. The molecule has 0 aromatic heterocycles. The Labute approximate surface area is 98.9 Å². The second-order valence-corrected chi connectivity index (χ2v) is 6.52. The monoisotopic (exact) mass is 218 g/mol. The first-order valence-electron chi connectivity index (χ1n) is 5.71. The molecule has 1 aliphatic rings. The van der Waals surface area contributed by atoms with E-state index >= 15 is 0 Å². The van der Waals surface area contributed by atoms with Crippen molar-refractivity contribution in [1.82, 2.24) is 0 Å². The maximum Gasteiger partial charge on any atom is 0.186 e. The molecule has 0 amide bonds. The highest BCUT2D eigenvalue weighted by molar-refractivity contribution is 6.11. The van der Waals surface area contributed by atoms with Crippen LogP contribution in [0.4, 0.5) is 0 Å². The molecule has 1 aliphatic carbocycles. The molecule has 0 radical (unpaired) electrons. The molecule has 16 heavy (non-hydrogen) atoms. The minimum Gasteiger partial charge on any atom is -0.289 e. The number of Topliss-reactive ketones (excluding diaryl/α,β-unsaturated/α-hetero) is 1. The van der Waals surface area contributed by atoms with Crippen LogP contribution in [0.3, 0.4) is 0 Å². The Bertz CT molecular complexity index is 356. The smallest absolute Gasteiger partial charge is 0.186 e. The summed E-state index contributed by atoms with van der Waals surface area (Å²) in [7, 11) is 0. The van der Waals surface area contributed by atoms with Crippen LogP contribution in [0.5, 0.6) is 0 Å². The number of hydrogen-bond acceptors (Lipinski definition) is 1. The third-order valence-electron chi connectivity index (χ3n) is 2.76. The lowest BCUT2D eigenvalue weighted by molar-refractivity contribution is -0.114. The minimum atomic E-state index is -0.120. The van der Waals surface area contributed by atoms with E-state index in [4.69, 9.17) is 0 Å². The van der Waals surface area contributed by atoms with Crippen molar-refractivity contribution in [2.75, 3.05) is 0 Å². The summed E-state index contributed by atoms with van der Waals surface area (Å²) in [6, 6.07) is 0. The largest absolute Gasteiger partial charge is 0.289 e. The fraction of sp³-hybridized carbons (Fsp3) is 0.533. The molecule has 0 saturated carbocycles. The van der Waals surface area contributed by atoms with Crippen molar-refractivity contribution >= 4 is 5.78 Å². The first-order chi connectivity index (χ1) is 7.03. The van der Waals surface area contributed by atoms with Gasteiger partial charge in [0.1, 0.15) is 0 Å². The van der Waals surface area contributed by atoms with Gasteiger partial charge in [-0.05, 0) is 28.6 Å². The van der Waals surface area contributed by atoms with E-state index in [0.717, 1.165) is 16.7 Å². The average molecular weight is 218 g/mol. The van der Waals surface area contributed by atoms with Crippen molar-refractivity contribution in [3.05, 3.63) is 35.5 Å². The zero-order valence-corrected chi connectivity index (χ0v) is 11.3. The van der Waals surface area contributed by atoms with Gasteiger partial charge in [0.15, 0.2) is 5.78 Å². The zero-order chi connectivity index (χ0) is 12.7. The Morgan fingerprint density at radius 1 is 0.875 bits per heavy atom. The summed E-state index contributed by atoms with van der Waals surface area (Å²) in [6.07, 6.45) is 3.83. The predicted octanol–water partition coefficient (Wildman–Crippen LogP) is 4.07. The minimum absolute atomic E-state index is 0.120. The Kier molecular flexibility index (Phi) is 3.02. The van der Waals surface area contributed by atoms with Gasteiger partial charge in [0.25, 0.3) is 0 Å². The third kappa shape index (κ3) is 2.52. The summed E-state index contributed by atoms with van der Waals surface area (Å²) < 4.78 is 0. The first-order valence-corrected chi connectivity index (χ1v) is 5.71. The van der Waals surface area contributed by atoms with Crippen LogP contribution in [0.1, 0.15) is 41.5 Å². The van der Waals surface area contributed by atoms with Crippen LogP contribution in [0, 0.1) is 10.8 Å². The first kappa shape index (κ1) is 13.0. The van der Waals surface area contributed by atoms with Crippen molar-refractivity contribution < 1.29 is 4.79 Å². The Hall–Kier alpha value is -1.11. The Balaban J connectivity index is 3.24. The molecule has 0 aromatic carbocycles. The van der Waals surface area contributed by atoms with E-state index in [1.54, 1.807) is 0 Å². The van der Waals surface area contributed by atoms with Crippen molar-refractivity contribution in [3.8, 4) is 0 Å². The lowest BCUT2D eigenvalue weighted by atomic mass is 9.72. The Morgan fingerprint density at radius 3 is 1.44 bits per heavy atom. The van der Waals surface area contributed by atoms with Crippen LogP contribution < -0.4 is 0 Å². The summed E-state index contributed by atoms with van der Waals surface area (Å²) in [4.78, 5) is 12.4. The molecule has 1 rings (SSSR count). The highest BCUT2D eigenvalue weighted by atomic mass is 16.1. The molecule has 0 atom stereocenters. The number of allylic oxidation sites excluding steroid dienone is 5. The molecular weight excluding hydrogens is 196 g/mol. The summed E-state index contributed by atoms with van der Waals surface area (Å²) >= 11 is 0. The molecule has 0 fully saturated rings. The maximum absolute atomic E-state index is 12.4. The van der Waals surface area contributed by atoms with Crippen LogP contribution >= 0.6 is 0 Å². The molecule has 0 saturated heterocycles. The normalized spacial score (nSPS) is 18.4. The zero-order valence-electron chi connectivity index (χ0n) is 11.3. The number of carbonyl (C=O) groups excluding carboxylic acids is 1. The van der Waals surface area contributed by atoms with E-state index in [1.165, 1.54) is 0 Å². The fourth-order valence-electron chi connectivity index (χ4n) is 1.80. The second-order valence-electron chi connectivity index (χ2n) is 6.52. The standard InChI is InChI=1S/C15H22O/c1-10-8-11(14(2,3)4)13(16)12(9-10)15(5,6)7/h8-9H,1H2,2-7H3. The maximum atomic E-state index is 12.4. The highest BCUT2D eigenvalue weighted by Gasteiger charge is 2.33. The van der Waals surface area contributed by atoms with Gasteiger partial charge in [0.05, 0.1) is 0 Å². The molecular formula is C15H22O. The van der Waals surface area contributed by atoms with Gasteiger partial charge in [-0.15, -0.1) is 0 Å². The van der Waals surface area contributed by atoms with Crippen molar-refractivity contribution in [3.63, 3.8) is 0 Å². The van der Waals surface area contributed by atoms with Crippen LogP contribution in [0.25, 0.3) is 0 Å². The average Bonchev–Trinajstić information content (AvgIpc) is 2.04. The lowest BCUT2D eigenvalue weighted by Crippen LogP contribution is -2.27. The van der Waals surface area contributed by atoms with Gasteiger partial charge in [0, 0.05) is 11.1 Å². The predicted molar refractivity (Wildman–Crippen MR) is 69.2 cm³/mol.